The molecule has 1 atom stereocenters. The van der Waals surface area contributed by atoms with Crippen molar-refractivity contribution in [1.82, 2.24) is 10.3 Å². The van der Waals surface area contributed by atoms with Crippen molar-refractivity contribution in [2.24, 2.45) is 0 Å². The van der Waals surface area contributed by atoms with Crippen molar-refractivity contribution >= 4 is 16.7 Å². The van der Waals surface area contributed by atoms with E-state index in [0.29, 0.717) is 48.4 Å². The van der Waals surface area contributed by atoms with Crippen molar-refractivity contribution < 1.29 is 18.2 Å². The van der Waals surface area contributed by atoms with Gasteiger partial charge in [-0.3, -0.25) is 9.00 Å². The lowest BCUT2D eigenvalue weighted by atomic mass is 10.1. The van der Waals surface area contributed by atoms with Gasteiger partial charge >= 0.3 is 0 Å². The Morgan fingerprint density at radius 1 is 1.10 bits per heavy atom. The molecule has 31 heavy (non-hydrogen) atoms. The summed E-state index contributed by atoms with van der Waals surface area (Å²) < 4.78 is 23.7. The van der Waals surface area contributed by atoms with Crippen LogP contribution in [0.5, 0.6) is 0 Å². The van der Waals surface area contributed by atoms with Gasteiger partial charge < -0.3 is 14.5 Å². The van der Waals surface area contributed by atoms with Crippen LogP contribution >= 0.6 is 0 Å². The Balaban J connectivity index is 1.62. The minimum absolute atomic E-state index is 0.124. The van der Waals surface area contributed by atoms with E-state index in [-0.39, 0.29) is 5.91 Å². The number of carbonyl (C=O) groups excluding carboxylic acids is 1. The number of hydrogen-bond acceptors (Lipinski definition) is 5. The SMILES string of the molecule is CCOCCCNC(=O)c1ccc(-c2nc(C[S@@](=O)c3ccc(C)cc3)c(C)o2)cc1. The summed E-state index contributed by atoms with van der Waals surface area (Å²) in [4.78, 5) is 17.5. The highest BCUT2D eigenvalue weighted by atomic mass is 32.2. The maximum absolute atomic E-state index is 12.7. The fourth-order valence-electron chi connectivity index (χ4n) is 2.97. The van der Waals surface area contributed by atoms with E-state index in [1.54, 1.807) is 24.3 Å². The molecule has 0 bridgehead atoms. The predicted molar refractivity (Wildman–Crippen MR) is 121 cm³/mol. The first-order valence-electron chi connectivity index (χ1n) is 10.4. The largest absolute Gasteiger partial charge is 0.441 e. The molecule has 0 spiro atoms. The monoisotopic (exact) mass is 440 g/mol. The third-order valence-corrected chi connectivity index (χ3v) is 6.13. The van der Waals surface area contributed by atoms with Gasteiger partial charge in [0.2, 0.25) is 5.89 Å². The summed E-state index contributed by atoms with van der Waals surface area (Å²) in [6.45, 7) is 7.65. The van der Waals surface area contributed by atoms with E-state index in [9.17, 15) is 9.00 Å². The Morgan fingerprint density at radius 2 is 1.81 bits per heavy atom. The molecule has 0 saturated heterocycles. The molecule has 0 aliphatic rings. The number of carbonyl (C=O) groups is 1. The lowest BCUT2D eigenvalue weighted by Gasteiger charge is -2.05. The van der Waals surface area contributed by atoms with Crippen molar-refractivity contribution in [3.63, 3.8) is 0 Å². The first kappa shape index (κ1) is 22.9. The molecular formula is C24H28N2O4S. The van der Waals surface area contributed by atoms with E-state index in [0.717, 1.165) is 22.4 Å². The molecule has 3 rings (SSSR count). The van der Waals surface area contributed by atoms with E-state index in [1.165, 1.54) is 0 Å². The number of amides is 1. The Bertz CT molecular complexity index is 1030. The summed E-state index contributed by atoms with van der Waals surface area (Å²) in [7, 11) is -1.20. The van der Waals surface area contributed by atoms with Crippen LogP contribution in [0, 0.1) is 13.8 Å². The molecule has 0 saturated carbocycles. The highest BCUT2D eigenvalue weighted by Gasteiger charge is 2.15. The number of rotatable bonds is 10. The van der Waals surface area contributed by atoms with Crippen molar-refractivity contribution in [3.8, 4) is 11.5 Å². The Hall–Kier alpha value is -2.77. The van der Waals surface area contributed by atoms with Crippen molar-refractivity contribution in [2.45, 2.75) is 37.8 Å². The molecule has 0 aliphatic heterocycles. The Morgan fingerprint density at radius 3 is 2.48 bits per heavy atom. The number of aryl methyl sites for hydroxylation is 2. The molecule has 3 aromatic rings. The van der Waals surface area contributed by atoms with Gasteiger partial charge in [-0.25, -0.2) is 4.98 Å². The molecule has 0 radical (unpaired) electrons. The minimum atomic E-state index is -1.20. The average molecular weight is 441 g/mol. The highest BCUT2D eigenvalue weighted by molar-refractivity contribution is 7.84. The van der Waals surface area contributed by atoms with Crippen LogP contribution in [0.4, 0.5) is 0 Å². The maximum atomic E-state index is 12.7. The molecule has 1 heterocycles. The van der Waals surface area contributed by atoms with Gasteiger partial charge in [-0.05, 0) is 63.6 Å². The Kier molecular flexibility index (Phi) is 8.14. The van der Waals surface area contributed by atoms with Crippen LogP contribution in [-0.2, 0) is 21.3 Å². The molecule has 1 amide bonds. The molecule has 0 fully saturated rings. The topological polar surface area (TPSA) is 81.4 Å². The van der Waals surface area contributed by atoms with Gasteiger partial charge in [0.25, 0.3) is 5.91 Å². The summed E-state index contributed by atoms with van der Waals surface area (Å²) in [6.07, 6.45) is 0.778. The van der Waals surface area contributed by atoms with Gasteiger partial charge in [-0.2, -0.15) is 0 Å². The molecular weight excluding hydrogens is 412 g/mol. The third-order valence-electron chi connectivity index (χ3n) is 4.79. The van der Waals surface area contributed by atoms with Crippen LogP contribution in [0.2, 0.25) is 0 Å². The summed E-state index contributed by atoms with van der Waals surface area (Å²) in [5, 5.41) is 2.88. The van der Waals surface area contributed by atoms with E-state index in [2.05, 4.69) is 10.3 Å². The number of hydrogen-bond donors (Lipinski definition) is 1. The van der Waals surface area contributed by atoms with E-state index >= 15 is 0 Å². The van der Waals surface area contributed by atoms with Crippen LogP contribution in [0.15, 0.2) is 57.8 Å². The fraction of sp³-hybridized carbons (Fsp3) is 0.333. The van der Waals surface area contributed by atoms with E-state index in [1.807, 2.05) is 45.0 Å². The summed E-state index contributed by atoms with van der Waals surface area (Å²) >= 11 is 0. The lowest BCUT2D eigenvalue weighted by molar-refractivity contribution is 0.0944. The van der Waals surface area contributed by atoms with Gasteiger partial charge in [0.15, 0.2) is 0 Å². The number of nitrogens with zero attached hydrogens (tertiary/aromatic N) is 1. The normalized spacial score (nSPS) is 12.0. The first-order chi connectivity index (χ1) is 15.0. The Labute approximate surface area is 185 Å². The number of ether oxygens (including phenoxy) is 1. The third kappa shape index (κ3) is 6.35. The smallest absolute Gasteiger partial charge is 0.251 e. The summed E-state index contributed by atoms with van der Waals surface area (Å²) in [5.41, 5.74) is 3.14. The molecule has 0 unspecified atom stereocenters. The van der Waals surface area contributed by atoms with Gasteiger partial charge in [0.1, 0.15) is 5.76 Å². The second-order valence-corrected chi connectivity index (χ2v) is 8.66. The summed E-state index contributed by atoms with van der Waals surface area (Å²) in [5.74, 6) is 1.27. The van der Waals surface area contributed by atoms with Crippen molar-refractivity contribution in [2.75, 3.05) is 19.8 Å². The van der Waals surface area contributed by atoms with Crippen molar-refractivity contribution in [1.29, 1.82) is 0 Å². The average Bonchev–Trinajstić information content (AvgIpc) is 3.14. The molecule has 1 aromatic heterocycles. The molecule has 0 aliphatic carbocycles. The molecule has 6 nitrogen and oxygen atoms in total. The highest BCUT2D eigenvalue weighted by Crippen LogP contribution is 2.24. The van der Waals surface area contributed by atoms with E-state index < -0.39 is 10.8 Å². The molecule has 164 valence electrons. The van der Waals surface area contributed by atoms with Crippen LogP contribution in [0.25, 0.3) is 11.5 Å². The number of oxazole rings is 1. The maximum Gasteiger partial charge on any atom is 0.251 e. The van der Waals surface area contributed by atoms with Crippen LogP contribution in [0.1, 0.15) is 40.7 Å². The minimum Gasteiger partial charge on any atom is -0.441 e. The van der Waals surface area contributed by atoms with Crippen LogP contribution in [0.3, 0.4) is 0 Å². The first-order valence-corrected chi connectivity index (χ1v) is 11.7. The molecule has 1 N–H and O–H groups in total. The zero-order chi connectivity index (χ0) is 22.2. The summed E-state index contributed by atoms with van der Waals surface area (Å²) in [6, 6.07) is 14.8. The zero-order valence-corrected chi connectivity index (χ0v) is 19.0. The standard InChI is InChI=1S/C24H28N2O4S/c1-4-29-15-5-14-25-23(27)19-8-10-20(11-9-19)24-26-22(18(3)30-24)16-31(28)21-12-6-17(2)7-13-21/h6-13H,4-5,14-16H2,1-3H3,(H,25,27)/t31-/m1/s1. The van der Waals surface area contributed by atoms with Crippen LogP contribution in [-0.4, -0.2) is 34.9 Å². The molecule has 2 aromatic carbocycles. The van der Waals surface area contributed by atoms with E-state index in [4.69, 9.17) is 9.15 Å². The predicted octanol–water partition coefficient (Wildman–Crippen LogP) is 4.42. The van der Waals surface area contributed by atoms with Gasteiger partial charge in [0, 0.05) is 35.8 Å². The molecule has 7 heteroatoms. The van der Waals surface area contributed by atoms with Gasteiger partial charge in [0.05, 0.1) is 22.2 Å². The number of nitrogens with one attached hydrogen (secondary N) is 1. The quantitative estimate of drug-likeness (QED) is 0.472. The number of aromatic nitrogens is 1. The number of benzene rings is 2. The second kappa shape index (κ2) is 11.0. The second-order valence-electron chi connectivity index (χ2n) is 7.21. The van der Waals surface area contributed by atoms with Crippen molar-refractivity contribution in [3.05, 3.63) is 71.1 Å². The fourth-order valence-corrected chi connectivity index (χ4v) is 4.09. The zero-order valence-electron chi connectivity index (χ0n) is 18.1. The lowest BCUT2D eigenvalue weighted by Crippen LogP contribution is -2.25. The van der Waals surface area contributed by atoms with Gasteiger partial charge in [-0.1, -0.05) is 17.7 Å². The van der Waals surface area contributed by atoms with Gasteiger partial charge in [-0.15, -0.1) is 0 Å². The van der Waals surface area contributed by atoms with Crippen LogP contribution < -0.4 is 5.32 Å².